The third-order valence-corrected chi connectivity index (χ3v) is 36.1. The van der Waals surface area contributed by atoms with Crippen molar-refractivity contribution in [2.24, 2.45) is 0 Å². The van der Waals surface area contributed by atoms with Crippen LogP contribution in [-0.2, 0) is 36.0 Å². The van der Waals surface area contributed by atoms with Gasteiger partial charge >= 0.3 is 45.4 Å². The van der Waals surface area contributed by atoms with Crippen LogP contribution >= 0.6 is 61.6 Å². The Bertz CT molecular complexity index is 2790. The van der Waals surface area contributed by atoms with Crippen LogP contribution in [0.3, 0.4) is 0 Å². The zero-order chi connectivity index (χ0) is 59.0. The molecule has 0 unspecified atom stereocenters. The molecule has 1 fully saturated rings. The van der Waals surface area contributed by atoms with Crippen LogP contribution in [0.1, 0.15) is 124 Å². The van der Waals surface area contributed by atoms with Gasteiger partial charge in [0.2, 0.25) is 0 Å². The predicted octanol–water partition coefficient (Wildman–Crippen LogP) is 18.5. The first kappa shape index (κ1) is 72.1. The van der Waals surface area contributed by atoms with Gasteiger partial charge < -0.3 is 10.5 Å². The van der Waals surface area contributed by atoms with E-state index in [-0.39, 0.29) is 17.1 Å². The SMILES string of the molecule is C1CCOC1.CC(C)[PH+](c1ccccc1[PH+](C)c1ccccc1[PH+](C(C)C)C(C)C)C(C)C.CC(C)[PH+](c1ccccc1[PH+](C)c1ccccc1[PH+](C(C)C)C(C)C)C(C)C.[Cu+].[Cu][Br].[NH-]c1ccc2ccc3cccc4ccc1c2c34. The predicted molar refractivity (Wildman–Crippen MR) is 389 cm³/mol. The number of halogens is 1. The van der Waals surface area contributed by atoms with Gasteiger partial charge in [-0.2, -0.15) is 0 Å². The van der Waals surface area contributed by atoms with Gasteiger partial charge in [-0.1, -0.05) is 103 Å². The summed E-state index contributed by atoms with van der Waals surface area (Å²) < 4.78 is 4.94. The summed E-state index contributed by atoms with van der Waals surface area (Å²) in [6.45, 7) is 46.0. The van der Waals surface area contributed by atoms with E-state index in [0.717, 1.165) is 63.9 Å². The molecular weight excluding hydrogens is 1260 g/mol. The first-order chi connectivity index (χ1) is 38.2. The first-order valence-corrected chi connectivity index (χ1v) is 42.7. The van der Waals surface area contributed by atoms with Crippen molar-refractivity contribution in [3.63, 3.8) is 0 Å². The summed E-state index contributed by atoms with van der Waals surface area (Å²) in [4.78, 5) is 0. The van der Waals surface area contributed by atoms with Crippen molar-refractivity contribution in [1.29, 1.82) is 0 Å². The maximum atomic E-state index is 8.01. The molecule has 2 nitrogen and oxygen atoms in total. The second-order valence-electron chi connectivity index (χ2n) is 24.3. The number of nitrogens with one attached hydrogen (secondary N) is 1. The minimum absolute atomic E-state index is 0. The van der Waals surface area contributed by atoms with Crippen LogP contribution in [0.4, 0.5) is 5.69 Å². The van der Waals surface area contributed by atoms with Crippen LogP contribution < -0.4 is 42.4 Å². The zero-order valence-electron chi connectivity index (χ0n) is 52.3. The second kappa shape index (κ2) is 35.5. The third-order valence-electron chi connectivity index (χ3n) is 15.9. The van der Waals surface area contributed by atoms with E-state index in [2.05, 4.69) is 292 Å². The topological polar surface area (TPSA) is 33.0 Å². The van der Waals surface area contributed by atoms with Crippen molar-refractivity contribution in [2.75, 3.05) is 26.5 Å². The molecule has 81 heavy (non-hydrogen) atoms. The molecule has 0 radical (unpaired) electrons. The minimum Gasteiger partial charge on any atom is -0.698 e. The van der Waals surface area contributed by atoms with Gasteiger partial charge in [-0.15, -0.1) is 5.69 Å². The van der Waals surface area contributed by atoms with Gasteiger partial charge in [-0.3, -0.25) is 0 Å². The summed E-state index contributed by atoms with van der Waals surface area (Å²) in [5, 5.41) is 20.8. The Morgan fingerprint density at radius 1 is 0.346 bits per heavy atom. The van der Waals surface area contributed by atoms with Gasteiger partial charge in [0.05, 0.1) is 74.4 Å². The number of rotatable bonds is 16. The van der Waals surface area contributed by atoms with Gasteiger partial charge in [0.1, 0.15) is 42.4 Å². The largest absolute Gasteiger partial charge is 0.698 e. The van der Waals surface area contributed by atoms with Crippen molar-refractivity contribution in [3.05, 3.63) is 157 Å². The zero-order valence-corrected chi connectivity index (χ0v) is 61.7. The number of hydrogen-bond donors (Lipinski definition) is 0. The van der Waals surface area contributed by atoms with E-state index in [9.17, 15) is 0 Å². The van der Waals surface area contributed by atoms with Crippen LogP contribution in [0.5, 0.6) is 0 Å². The maximum Gasteiger partial charge on any atom is -0.00273 e. The molecule has 0 amide bonds. The minimum atomic E-state index is -0.775. The molecule has 1 aliphatic rings. The summed E-state index contributed by atoms with van der Waals surface area (Å²) >= 11 is 6.50. The molecule has 1 N–H and O–H groups in total. The number of benzene rings is 8. The fourth-order valence-electron chi connectivity index (χ4n) is 12.9. The molecular formula is C70H102BrCu2NOP6+6. The molecule has 9 rings (SSSR count). The molecule has 0 spiro atoms. The molecule has 0 aliphatic carbocycles. The standard InChI is InChI=1S/2C25H39P3.C16H10N.C4H8O.BrH.2Cu/c2*1-18(2)27(19(3)4)24-16-12-10-14-22(24)26(9)23-15-11-13-17-25(23)28(20(5)6)21(7)8;17-14-9-7-12-5-4-10-2-1-3-11-6-8-13(14)16(12)15(10)11;1-2-4-5-3-1;;;/h2*10-21H,1-9H3;1-9,17H;1-4H2;1H;;/q;;-1;;;2*+1/p+5. The van der Waals surface area contributed by atoms with Crippen LogP contribution in [0.25, 0.3) is 38.1 Å². The number of hydrogen-bond acceptors (Lipinski definition) is 1. The van der Waals surface area contributed by atoms with E-state index >= 15 is 0 Å². The van der Waals surface area contributed by atoms with Crippen LogP contribution in [0, 0.1) is 0 Å². The Kier molecular flexibility index (Phi) is 31.6. The summed E-state index contributed by atoms with van der Waals surface area (Å²) in [5.41, 5.74) is 14.7. The molecule has 1 heterocycles. The van der Waals surface area contributed by atoms with E-state index in [1.807, 2.05) is 12.1 Å². The molecule has 0 saturated carbocycles. The van der Waals surface area contributed by atoms with Crippen molar-refractivity contribution in [2.45, 2.75) is 169 Å². The van der Waals surface area contributed by atoms with E-state index in [1.165, 1.54) is 39.8 Å². The summed E-state index contributed by atoms with van der Waals surface area (Å²) in [6.07, 6.45) is 2.56. The summed E-state index contributed by atoms with van der Waals surface area (Å²) in [6, 6.07) is 56.5. The molecule has 8 aromatic carbocycles. The Balaban J connectivity index is 0.000000250. The molecule has 0 bridgehead atoms. The van der Waals surface area contributed by atoms with Gasteiger partial charge in [0.15, 0.2) is 0 Å². The molecule has 1 saturated heterocycles. The summed E-state index contributed by atoms with van der Waals surface area (Å²) in [7, 11) is -3.82. The van der Waals surface area contributed by atoms with Gasteiger partial charge in [-0.25, -0.2) is 0 Å². The molecule has 446 valence electrons. The Morgan fingerprint density at radius 2 is 0.593 bits per heavy atom. The Morgan fingerprint density at radius 3 is 0.852 bits per heavy atom. The monoisotopic (exact) mass is 1360 g/mol. The fraction of sp³-hybridized carbons (Fsp3) is 0.429. The van der Waals surface area contributed by atoms with Crippen LogP contribution in [-0.4, -0.2) is 71.8 Å². The van der Waals surface area contributed by atoms with E-state index in [4.69, 9.17) is 10.5 Å². The third kappa shape index (κ3) is 18.8. The molecule has 8 aromatic rings. The van der Waals surface area contributed by atoms with Crippen molar-refractivity contribution in [3.8, 4) is 0 Å². The molecule has 11 heteroatoms. The van der Waals surface area contributed by atoms with E-state index in [1.54, 1.807) is 42.4 Å². The van der Waals surface area contributed by atoms with Crippen molar-refractivity contribution in [1.82, 2.24) is 0 Å². The Hall–Kier alpha value is -1.34. The van der Waals surface area contributed by atoms with Crippen molar-refractivity contribution < 1.29 is 36.0 Å². The Labute approximate surface area is 526 Å². The van der Waals surface area contributed by atoms with Crippen LogP contribution in [0.15, 0.2) is 152 Å². The smallest absolute Gasteiger partial charge is 0.00273 e. The van der Waals surface area contributed by atoms with Gasteiger partial charge in [0.25, 0.3) is 0 Å². The maximum absolute atomic E-state index is 8.01. The normalized spacial score (nSPS) is 12.7. The average molecular weight is 1370 g/mol. The number of ether oxygens (including phenoxy) is 1. The van der Waals surface area contributed by atoms with Gasteiger partial charge in [0, 0.05) is 44.9 Å². The molecule has 1 aliphatic heterocycles. The fourth-order valence-corrected chi connectivity index (χ4v) is 33.9. The van der Waals surface area contributed by atoms with Crippen LogP contribution in [0.2, 0.25) is 0 Å². The van der Waals surface area contributed by atoms with E-state index in [0.29, 0.717) is 5.69 Å². The van der Waals surface area contributed by atoms with Crippen molar-refractivity contribution >= 4 is 142 Å². The van der Waals surface area contributed by atoms with E-state index < -0.39 is 47.5 Å². The molecule has 0 aromatic heterocycles. The second-order valence-corrected chi connectivity index (χ2v) is 44.0. The average Bonchev–Trinajstić information content (AvgIpc) is 4.16. The quantitative estimate of drug-likeness (QED) is 0.0539. The summed E-state index contributed by atoms with van der Waals surface area (Å²) in [5.74, 6) is 0. The van der Waals surface area contributed by atoms with Gasteiger partial charge in [-0.05, 0) is 204 Å². The molecule has 0 atom stereocenters. The first-order valence-electron chi connectivity index (χ1n) is 29.8.